The highest BCUT2D eigenvalue weighted by atomic mass is 19.2. The minimum atomic E-state index is -0.925. The zero-order chi connectivity index (χ0) is 11.3. The molecule has 0 radical (unpaired) electrons. The fourth-order valence-corrected chi connectivity index (χ4v) is 1.22. The molecule has 0 bridgehead atoms. The van der Waals surface area contributed by atoms with Crippen LogP contribution >= 0.6 is 0 Å². The van der Waals surface area contributed by atoms with Gasteiger partial charge in [-0.05, 0) is 30.7 Å². The Balaban J connectivity index is 2.84. The lowest BCUT2D eigenvalue weighted by molar-refractivity contribution is 0.504. The lowest BCUT2D eigenvalue weighted by Gasteiger charge is -2.10. The number of hydrogen-bond acceptors (Lipinski definition) is 2. The summed E-state index contributed by atoms with van der Waals surface area (Å²) < 4.78 is 25.5. The lowest BCUT2D eigenvalue weighted by Crippen LogP contribution is -2.20. The summed E-state index contributed by atoms with van der Waals surface area (Å²) >= 11 is 0. The Morgan fingerprint density at radius 2 is 2.13 bits per heavy atom. The predicted octanol–water partition coefficient (Wildman–Crippen LogP) is 2.53. The summed E-state index contributed by atoms with van der Waals surface area (Å²) in [7, 11) is 0. The molecular formula is C11H12F2N2. The number of nitrogens with zero attached hydrogens (tertiary/aromatic N) is 1. The van der Waals surface area contributed by atoms with Gasteiger partial charge in [-0.25, -0.2) is 8.78 Å². The molecule has 0 heterocycles. The van der Waals surface area contributed by atoms with Crippen LogP contribution in [0.3, 0.4) is 0 Å². The van der Waals surface area contributed by atoms with Gasteiger partial charge < -0.3 is 0 Å². The molecule has 1 atom stereocenters. The third-order valence-corrected chi connectivity index (χ3v) is 2.00. The van der Waals surface area contributed by atoms with E-state index in [2.05, 4.69) is 5.32 Å². The quantitative estimate of drug-likeness (QED) is 0.828. The molecule has 0 aliphatic rings. The Labute approximate surface area is 87.5 Å². The molecule has 0 aromatic heterocycles. The van der Waals surface area contributed by atoms with Crippen LogP contribution in [0, 0.1) is 23.0 Å². The number of nitrogens with one attached hydrogen (secondary N) is 1. The van der Waals surface area contributed by atoms with Crippen molar-refractivity contribution in [3.8, 4) is 6.07 Å². The van der Waals surface area contributed by atoms with Gasteiger partial charge >= 0.3 is 0 Å². The van der Waals surface area contributed by atoms with Crippen molar-refractivity contribution in [2.45, 2.75) is 19.4 Å². The summed E-state index contributed by atoms with van der Waals surface area (Å²) in [4.78, 5) is 0. The van der Waals surface area contributed by atoms with Gasteiger partial charge in [0.2, 0.25) is 0 Å². The molecular weight excluding hydrogens is 198 g/mol. The average molecular weight is 210 g/mol. The van der Waals surface area contributed by atoms with E-state index in [9.17, 15) is 8.78 Å². The van der Waals surface area contributed by atoms with Crippen molar-refractivity contribution in [3.63, 3.8) is 0 Å². The standard InChI is InChI=1S/C11H12F2N2/c1-2-5-15-11(7-14)8-3-4-9(12)10(13)6-8/h3-4,6,11,15H,2,5H2,1H3. The molecule has 1 aromatic carbocycles. The van der Waals surface area contributed by atoms with E-state index in [0.717, 1.165) is 18.6 Å². The summed E-state index contributed by atoms with van der Waals surface area (Å²) in [6.07, 6.45) is 0.877. The summed E-state index contributed by atoms with van der Waals surface area (Å²) in [5, 5.41) is 11.8. The summed E-state index contributed by atoms with van der Waals surface area (Å²) in [5.74, 6) is -1.82. The maximum absolute atomic E-state index is 12.9. The number of nitriles is 1. The number of benzene rings is 1. The summed E-state index contributed by atoms with van der Waals surface area (Å²) in [5.41, 5.74) is 0.449. The Morgan fingerprint density at radius 3 is 2.67 bits per heavy atom. The zero-order valence-electron chi connectivity index (χ0n) is 8.43. The molecule has 0 aliphatic carbocycles. The van der Waals surface area contributed by atoms with Crippen LogP contribution in [0.4, 0.5) is 8.78 Å². The molecule has 0 amide bonds. The second kappa shape index (κ2) is 5.42. The molecule has 2 nitrogen and oxygen atoms in total. The van der Waals surface area contributed by atoms with Gasteiger partial charge in [0.15, 0.2) is 11.6 Å². The average Bonchev–Trinajstić information content (AvgIpc) is 2.24. The summed E-state index contributed by atoms with van der Waals surface area (Å²) in [6, 6.07) is 4.91. The molecule has 0 aliphatic heterocycles. The van der Waals surface area contributed by atoms with Crippen molar-refractivity contribution < 1.29 is 8.78 Å². The fraction of sp³-hybridized carbons (Fsp3) is 0.364. The Kier molecular flexibility index (Phi) is 4.19. The van der Waals surface area contributed by atoms with Gasteiger partial charge in [-0.2, -0.15) is 5.26 Å². The van der Waals surface area contributed by atoms with Crippen LogP contribution in [0.15, 0.2) is 18.2 Å². The maximum atomic E-state index is 12.9. The minimum absolute atomic E-state index is 0.449. The van der Waals surface area contributed by atoms with Gasteiger partial charge in [0.25, 0.3) is 0 Å². The first-order valence-corrected chi connectivity index (χ1v) is 4.77. The van der Waals surface area contributed by atoms with Crippen LogP contribution in [-0.2, 0) is 0 Å². The largest absolute Gasteiger partial charge is 0.298 e. The van der Waals surface area contributed by atoms with Crippen LogP contribution < -0.4 is 5.32 Å². The molecule has 1 rings (SSSR count). The molecule has 4 heteroatoms. The number of halogens is 2. The SMILES string of the molecule is CCCNC(C#N)c1ccc(F)c(F)c1. The van der Waals surface area contributed by atoms with Crippen molar-refractivity contribution in [2.75, 3.05) is 6.54 Å². The van der Waals surface area contributed by atoms with Crippen molar-refractivity contribution in [2.24, 2.45) is 0 Å². The molecule has 0 saturated carbocycles. The monoisotopic (exact) mass is 210 g/mol. The van der Waals surface area contributed by atoms with Crippen molar-refractivity contribution >= 4 is 0 Å². The third-order valence-electron chi connectivity index (χ3n) is 2.00. The van der Waals surface area contributed by atoms with E-state index in [0.29, 0.717) is 12.1 Å². The second-order valence-corrected chi connectivity index (χ2v) is 3.19. The van der Waals surface area contributed by atoms with Crippen LogP contribution in [0.2, 0.25) is 0 Å². The van der Waals surface area contributed by atoms with E-state index in [4.69, 9.17) is 5.26 Å². The van der Waals surface area contributed by atoms with E-state index in [1.54, 1.807) is 0 Å². The highest BCUT2D eigenvalue weighted by Crippen LogP contribution is 2.15. The van der Waals surface area contributed by atoms with Gasteiger partial charge in [-0.1, -0.05) is 13.0 Å². The van der Waals surface area contributed by atoms with Gasteiger partial charge in [0.1, 0.15) is 6.04 Å². The van der Waals surface area contributed by atoms with Gasteiger partial charge in [-0.15, -0.1) is 0 Å². The molecule has 1 unspecified atom stereocenters. The number of hydrogen-bond donors (Lipinski definition) is 1. The Morgan fingerprint density at radius 1 is 1.40 bits per heavy atom. The molecule has 1 aromatic rings. The predicted molar refractivity (Wildman–Crippen MR) is 53.0 cm³/mol. The second-order valence-electron chi connectivity index (χ2n) is 3.19. The van der Waals surface area contributed by atoms with Gasteiger partial charge in [-0.3, -0.25) is 5.32 Å². The van der Waals surface area contributed by atoms with E-state index in [1.165, 1.54) is 6.07 Å². The minimum Gasteiger partial charge on any atom is -0.298 e. The van der Waals surface area contributed by atoms with Crippen LogP contribution in [0.5, 0.6) is 0 Å². The van der Waals surface area contributed by atoms with E-state index < -0.39 is 17.7 Å². The fourth-order valence-electron chi connectivity index (χ4n) is 1.22. The third kappa shape index (κ3) is 3.00. The van der Waals surface area contributed by atoms with Gasteiger partial charge in [0.05, 0.1) is 6.07 Å². The molecule has 0 saturated heterocycles. The van der Waals surface area contributed by atoms with Crippen LogP contribution in [0.25, 0.3) is 0 Å². The van der Waals surface area contributed by atoms with Crippen molar-refractivity contribution in [1.29, 1.82) is 5.26 Å². The van der Waals surface area contributed by atoms with Crippen molar-refractivity contribution in [3.05, 3.63) is 35.4 Å². The Bertz CT molecular complexity index is 371. The first-order valence-electron chi connectivity index (χ1n) is 4.77. The zero-order valence-corrected chi connectivity index (χ0v) is 8.43. The van der Waals surface area contributed by atoms with E-state index in [-0.39, 0.29) is 0 Å². The highest BCUT2D eigenvalue weighted by molar-refractivity contribution is 5.25. The van der Waals surface area contributed by atoms with E-state index in [1.807, 2.05) is 13.0 Å². The summed E-state index contributed by atoms with van der Waals surface area (Å²) in [6.45, 7) is 2.63. The first-order chi connectivity index (χ1) is 7.19. The highest BCUT2D eigenvalue weighted by Gasteiger charge is 2.11. The normalized spacial score (nSPS) is 12.1. The van der Waals surface area contributed by atoms with Crippen molar-refractivity contribution in [1.82, 2.24) is 5.32 Å². The van der Waals surface area contributed by atoms with Crippen LogP contribution in [0.1, 0.15) is 24.9 Å². The van der Waals surface area contributed by atoms with Crippen LogP contribution in [-0.4, -0.2) is 6.54 Å². The van der Waals surface area contributed by atoms with Gasteiger partial charge in [0, 0.05) is 0 Å². The smallest absolute Gasteiger partial charge is 0.159 e. The lowest BCUT2D eigenvalue weighted by atomic mass is 10.1. The molecule has 0 spiro atoms. The topological polar surface area (TPSA) is 35.8 Å². The number of rotatable bonds is 4. The molecule has 80 valence electrons. The molecule has 0 fully saturated rings. The first kappa shape index (κ1) is 11.6. The molecule has 15 heavy (non-hydrogen) atoms. The maximum Gasteiger partial charge on any atom is 0.159 e. The van der Waals surface area contributed by atoms with E-state index >= 15 is 0 Å². The molecule has 1 N–H and O–H groups in total. The Hall–Kier alpha value is -1.47.